The summed E-state index contributed by atoms with van der Waals surface area (Å²) in [5.74, 6) is -1.36. The highest BCUT2D eigenvalue weighted by Gasteiger charge is 2.30. The van der Waals surface area contributed by atoms with Crippen molar-refractivity contribution in [3.8, 4) is 0 Å². The third-order valence-corrected chi connectivity index (χ3v) is 17.3. The van der Waals surface area contributed by atoms with E-state index in [2.05, 4.69) is 34.6 Å². The molecular weight excluding hydrogens is 1110 g/mol. The second-order valence-electron chi connectivity index (χ2n) is 23.7. The number of esters is 4. The van der Waals surface area contributed by atoms with Crippen molar-refractivity contribution in [3.63, 3.8) is 0 Å². The van der Waals surface area contributed by atoms with E-state index in [-0.39, 0.29) is 25.7 Å². The lowest BCUT2D eigenvalue weighted by Gasteiger charge is -2.21. The molecule has 0 radical (unpaired) electrons. The SMILES string of the molecule is CCCCCCCCCCCCCCCCCCCCC(=O)O[C@H](COC(=O)CCCCCCCCCCC(C)CC)COP(=O)(O)OC[C@@H](O)COP(=O)(O)OC[C@@H](COC(=O)CCCCCCCCC)OC(=O)CCCCCCCCC. The average Bonchev–Trinajstić information content (AvgIpc) is 3.60. The minimum absolute atomic E-state index is 0.103. The van der Waals surface area contributed by atoms with Crippen LogP contribution in [0.5, 0.6) is 0 Å². The molecule has 17 nitrogen and oxygen atoms in total. The van der Waals surface area contributed by atoms with Crippen LogP contribution in [0.4, 0.5) is 0 Å². The smallest absolute Gasteiger partial charge is 0.462 e. The van der Waals surface area contributed by atoms with E-state index in [0.717, 1.165) is 121 Å². The number of hydrogen-bond acceptors (Lipinski definition) is 15. The summed E-state index contributed by atoms with van der Waals surface area (Å²) in [5.41, 5.74) is 0. The van der Waals surface area contributed by atoms with Gasteiger partial charge < -0.3 is 33.8 Å². The first kappa shape index (κ1) is 82.1. The third-order valence-electron chi connectivity index (χ3n) is 15.4. The highest BCUT2D eigenvalue weighted by atomic mass is 31.2. The van der Waals surface area contributed by atoms with Crippen LogP contribution < -0.4 is 0 Å². The number of carbonyl (C=O) groups is 4. The molecule has 0 aliphatic carbocycles. The Labute approximate surface area is 511 Å². The van der Waals surface area contributed by atoms with Crippen molar-refractivity contribution in [1.82, 2.24) is 0 Å². The van der Waals surface area contributed by atoms with Crippen LogP contribution in [-0.2, 0) is 65.4 Å². The maximum absolute atomic E-state index is 13.0. The summed E-state index contributed by atoms with van der Waals surface area (Å²) >= 11 is 0. The van der Waals surface area contributed by atoms with Crippen molar-refractivity contribution >= 4 is 39.5 Å². The van der Waals surface area contributed by atoms with Crippen molar-refractivity contribution in [2.75, 3.05) is 39.6 Å². The molecule has 84 heavy (non-hydrogen) atoms. The van der Waals surface area contributed by atoms with Gasteiger partial charge in [0.05, 0.1) is 26.4 Å². The molecule has 0 rings (SSSR count). The van der Waals surface area contributed by atoms with Gasteiger partial charge in [0.15, 0.2) is 12.2 Å². The van der Waals surface area contributed by atoms with Gasteiger partial charge in [-0.15, -0.1) is 0 Å². The minimum Gasteiger partial charge on any atom is -0.462 e. The molecule has 0 aromatic heterocycles. The van der Waals surface area contributed by atoms with Gasteiger partial charge >= 0.3 is 39.5 Å². The molecule has 0 saturated carbocycles. The molecule has 19 heteroatoms. The summed E-state index contributed by atoms with van der Waals surface area (Å²) < 4.78 is 67.8. The minimum atomic E-state index is -4.94. The molecule has 0 fully saturated rings. The number of ether oxygens (including phenoxy) is 4. The highest BCUT2D eigenvalue weighted by Crippen LogP contribution is 2.45. The molecule has 0 bridgehead atoms. The number of aliphatic hydroxyl groups excluding tert-OH is 1. The van der Waals surface area contributed by atoms with Crippen LogP contribution in [0.1, 0.15) is 330 Å². The lowest BCUT2D eigenvalue weighted by atomic mass is 9.99. The quantitative estimate of drug-likeness (QED) is 0.0222. The van der Waals surface area contributed by atoms with E-state index >= 15 is 0 Å². The van der Waals surface area contributed by atoms with Crippen molar-refractivity contribution in [1.29, 1.82) is 0 Å². The predicted molar refractivity (Wildman–Crippen MR) is 335 cm³/mol. The third kappa shape index (κ3) is 57.8. The van der Waals surface area contributed by atoms with Gasteiger partial charge in [-0.1, -0.05) is 279 Å². The Bertz CT molecular complexity index is 1640. The fraction of sp³-hybridized carbons (Fsp3) is 0.938. The largest absolute Gasteiger partial charge is 0.472 e. The van der Waals surface area contributed by atoms with Gasteiger partial charge in [-0.05, 0) is 31.6 Å². The number of phosphoric ester groups is 2. The molecule has 0 aliphatic rings. The van der Waals surface area contributed by atoms with E-state index in [9.17, 15) is 43.2 Å². The Kier molecular flexibility index (Phi) is 57.4. The summed E-state index contributed by atoms with van der Waals surface area (Å²) in [6.07, 6.45) is 43.4. The molecule has 0 aromatic rings. The molecule has 0 heterocycles. The van der Waals surface area contributed by atoms with E-state index in [0.29, 0.717) is 25.7 Å². The van der Waals surface area contributed by atoms with Crippen molar-refractivity contribution in [3.05, 3.63) is 0 Å². The number of rotatable bonds is 65. The molecule has 0 aliphatic heterocycles. The molecule has 498 valence electrons. The van der Waals surface area contributed by atoms with Crippen molar-refractivity contribution in [2.45, 2.75) is 348 Å². The molecule has 3 N–H and O–H groups in total. The van der Waals surface area contributed by atoms with Crippen molar-refractivity contribution in [2.24, 2.45) is 5.92 Å². The predicted octanol–water partition coefficient (Wildman–Crippen LogP) is 18.2. The lowest BCUT2D eigenvalue weighted by molar-refractivity contribution is -0.161. The van der Waals surface area contributed by atoms with E-state index in [1.54, 1.807) is 0 Å². The maximum Gasteiger partial charge on any atom is 0.472 e. The van der Waals surface area contributed by atoms with Crippen LogP contribution in [0.25, 0.3) is 0 Å². The molecule has 0 amide bonds. The Morgan fingerprint density at radius 1 is 0.333 bits per heavy atom. The van der Waals surface area contributed by atoms with E-state index in [1.165, 1.54) is 128 Å². The first-order valence-electron chi connectivity index (χ1n) is 34.2. The van der Waals surface area contributed by atoms with Gasteiger partial charge in [-0.2, -0.15) is 0 Å². The van der Waals surface area contributed by atoms with E-state index in [4.69, 9.17) is 37.0 Å². The van der Waals surface area contributed by atoms with Crippen molar-refractivity contribution < 1.29 is 80.2 Å². The van der Waals surface area contributed by atoms with Gasteiger partial charge in [-0.25, -0.2) is 9.13 Å². The zero-order chi connectivity index (χ0) is 62.0. The summed E-state index contributed by atoms with van der Waals surface area (Å²) in [7, 11) is -9.88. The zero-order valence-electron chi connectivity index (χ0n) is 54.0. The molecule has 3 unspecified atom stereocenters. The number of aliphatic hydroxyl groups is 1. The maximum atomic E-state index is 13.0. The molecule has 0 aromatic carbocycles. The number of hydrogen-bond donors (Lipinski definition) is 3. The van der Waals surface area contributed by atoms with Crippen LogP contribution >= 0.6 is 15.6 Å². The first-order chi connectivity index (χ1) is 40.6. The summed E-state index contributed by atoms with van der Waals surface area (Å²) in [4.78, 5) is 72.0. The first-order valence-corrected chi connectivity index (χ1v) is 37.2. The Hall–Kier alpha value is -1.94. The fourth-order valence-electron chi connectivity index (χ4n) is 9.73. The molecule has 0 saturated heterocycles. The number of phosphoric acid groups is 2. The Balaban J connectivity index is 5.15. The lowest BCUT2D eigenvalue weighted by Crippen LogP contribution is -2.30. The van der Waals surface area contributed by atoms with Gasteiger partial charge in [0, 0.05) is 25.7 Å². The average molecular weight is 1240 g/mol. The number of carbonyl (C=O) groups excluding carboxylic acids is 4. The van der Waals surface area contributed by atoms with E-state index < -0.39 is 97.5 Å². The molecule has 6 atom stereocenters. The Morgan fingerprint density at radius 3 is 0.845 bits per heavy atom. The van der Waals surface area contributed by atoms with Crippen LogP contribution in [0.3, 0.4) is 0 Å². The normalized spacial score (nSPS) is 14.5. The summed E-state index contributed by atoms with van der Waals surface area (Å²) in [5, 5.41) is 10.5. The van der Waals surface area contributed by atoms with Gasteiger partial charge in [0.25, 0.3) is 0 Å². The van der Waals surface area contributed by atoms with Crippen LogP contribution in [0, 0.1) is 5.92 Å². The van der Waals surface area contributed by atoms with Gasteiger partial charge in [0.2, 0.25) is 0 Å². The fourth-order valence-corrected chi connectivity index (χ4v) is 11.3. The summed E-state index contributed by atoms with van der Waals surface area (Å²) in [6, 6.07) is 0. The Morgan fingerprint density at radius 2 is 0.571 bits per heavy atom. The zero-order valence-corrected chi connectivity index (χ0v) is 55.8. The second-order valence-corrected chi connectivity index (χ2v) is 26.7. The van der Waals surface area contributed by atoms with Crippen LogP contribution in [0.15, 0.2) is 0 Å². The second kappa shape index (κ2) is 58.7. The molecule has 0 spiro atoms. The monoisotopic (exact) mass is 1240 g/mol. The van der Waals surface area contributed by atoms with Crippen LogP contribution in [0.2, 0.25) is 0 Å². The number of unbranched alkanes of at least 4 members (excludes halogenated alkanes) is 36. The molecular formula is C65H126O17P2. The van der Waals surface area contributed by atoms with Gasteiger partial charge in [-0.3, -0.25) is 37.3 Å². The van der Waals surface area contributed by atoms with Crippen LogP contribution in [-0.4, -0.2) is 96.7 Å². The van der Waals surface area contributed by atoms with E-state index in [1.807, 2.05) is 0 Å². The highest BCUT2D eigenvalue weighted by molar-refractivity contribution is 7.47. The standard InChI is InChI=1S/C65H126O17P2/c1-6-10-13-16-19-20-21-22-23-24-25-26-27-28-29-36-41-46-51-65(70)82-61(55-76-63(68)49-44-39-35-31-30-34-37-42-47-58(5)9-4)57-80-84(73,74)78-53-59(66)52-77-83(71,72)79-56-60(81-64(69)50-45-40-33-18-15-12-8-3)54-75-62(67)48-43-38-32-17-14-11-7-2/h58-61,66H,6-57H2,1-5H3,(H,71,72)(H,73,74)/t58?,59-,60+,61+/m0/s1. The van der Waals surface area contributed by atoms with Gasteiger partial charge in [0.1, 0.15) is 19.3 Å². The topological polar surface area (TPSA) is 237 Å². The summed E-state index contributed by atoms with van der Waals surface area (Å²) in [6.45, 7) is 7.12.